The number of rotatable bonds is 3. The van der Waals surface area contributed by atoms with E-state index >= 15 is 0 Å². The van der Waals surface area contributed by atoms with E-state index in [-0.39, 0.29) is 11.4 Å². The van der Waals surface area contributed by atoms with E-state index in [0.29, 0.717) is 0 Å². The molecule has 0 aliphatic carbocycles. The van der Waals surface area contributed by atoms with Gasteiger partial charge in [0.05, 0.1) is 6.21 Å². The first-order valence-corrected chi connectivity index (χ1v) is 7.56. The number of guanidine groups is 1. The average Bonchev–Trinajstić information content (AvgIpc) is 2.80. The number of quaternary nitrogens is 1. The number of nitrogens with one attached hydrogen (secondary N) is 1. The van der Waals surface area contributed by atoms with Gasteiger partial charge in [0.1, 0.15) is 17.3 Å². The van der Waals surface area contributed by atoms with Gasteiger partial charge in [0.15, 0.2) is 18.2 Å². The zero-order valence-electron chi connectivity index (χ0n) is 11.7. The maximum Gasteiger partial charge on any atom is 0.373 e. The Balaban J connectivity index is 0.00000208. The van der Waals surface area contributed by atoms with Crippen molar-refractivity contribution in [3.8, 4) is 0 Å². The third kappa shape index (κ3) is 2.90. The molecule has 0 amide bonds. The maximum absolute atomic E-state index is 13.5. The smallest absolute Gasteiger partial charge is 0.373 e. The molecule has 128 valence electrons. The zero-order valence-corrected chi connectivity index (χ0v) is 12.5. The van der Waals surface area contributed by atoms with Crippen LogP contribution >= 0.6 is 0 Å². The lowest BCUT2D eigenvalue weighted by atomic mass is 10.3. The maximum atomic E-state index is 13.5. The van der Waals surface area contributed by atoms with E-state index in [1.54, 1.807) is 4.72 Å². The number of sulfonamides is 1. The molecule has 0 aromatic heterocycles. The molecule has 1 unspecified atom stereocenters. The van der Waals surface area contributed by atoms with Gasteiger partial charge in [0, 0.05) is 0 Å². The summed E-state index contributed by atoms with van der Waals surface area (Å²) >= 11 is 0. The van der Waals surface area contributed by atoms with Gasteiger partial charge in [-0.05, 0) is 12.1 Å². The molecule has 0 spiro atoms. The van der Waals surface area contributed by atoms with E-state index in [9.17, 15) is 27.5 Å². The van der Waals surface area contributed by atoms with E-state index in [4.69, 9.17) is 0 Å². The van der Waals surface area contributed by atoms with Crippen LogP contribution in [0.5, 0.6) is 0 Å². The number of halogens is 2. The van der Waals surface area contributed by atoms with Crippen LogP contribution in [0.25, 0.3) is 0 Å². The number of aliphatic hydroxyl groups excluding tert-OH is 1. The fourth-order valence-electron chi connectivity index (χ4n) is 1.92. The fraction of sp³-hybridized carbons (Fsp3) is 0. The van der Waals surface area contributed by atoms with Crippen molar-refractivity contribution >= 4 is 27.9 Å². The molecular weight excluding hydrogens is 350 g/mol. The molecule has 9 nitrogen and oxygen atoms in total. The second-order valence-electron chi connectivity index (χ2n) is 4.63. The molecule has 5 N–H and O–H groups in total. The normalized spacial score (nSPS) is 22.0. The Bertz CT molecular complexity index is 905. The lowest BCUT2D eigenvalue weighted by Crippen LogP contribution is -2.39. The minimum Gasteiger partial charge on any atom is -0.502 e. The largest absolute Gasteiger partial charge is 0.502 e. The molecule has 1 aromatic carbocycles. The van der Waals surface area contributed by atoms with Gasteiger partial charge in [-0.15, -0.1) is 0 Å². The molecule has 0 saturated heterocycles. The van der Waals surface area contributed by atoms with E-state index in [1.807, 2.05) is 0 Å². The minimum absolute atomic E-state index is 0. The number of benzene rings is 1. The third-order valence-electron chi connectivity index (χ3n) is 2.95. The Morgan fingerprint density at radius 2 is 1.79 bits per heavy atom. The van der Waals surface area contributed by atoms with Crippen molar-refractivity contribution in [3.05, 3.63) is 53.0 Å². The highest BCUT2D eigenvalue weighted by Crippen LogP contribution is 2.29. The van der Waals surface area contributed by atoms with Crippen molar-refractivity contribution in [2.75, 3.05) is 4.72 Å². The van der Waals surface area contributed by atoms with Gasteiger partial charge in [0.25, 0.3) is 10.0 Å². The summed E-state index contributed by atoms with van der Waals surface area (Å²) in [6.07, 6.45) is 2.57. The third-order valence-corrected chi connectivity index (χ3v) is 4.17. The molecule has 2 aliphatic rings. The van der Waals surface area contributed by atoms with Crippen molar-refractivity contribution in [2.24, 2.45) is 9.98 Å². The Morgan fingerprint density at radius 3 is 2.42 bits per heavy atom. The summed E-state index contributed by atoms with van der Waals surface area (Å²) in [5.41, 5.74) is -0.871. The molecule has 2 heterocycles. The highest BCUT2D eigenvalue weighted by Gasteiger charge is 2.43. The van der Waals surface area contributed by atoms with E-state index in [1.165, 1.54) is 0 Å². The molecule has 1 aromatic rings. The number of nitrogens with zero attached hydrogens (tertiary/aromatic N) is 3. The predicted octanol–water partition coefficient (Wildman–Crippen LogP) is 0.740. The van der Waals surface area contributed by atoms with Gasteiger partial charge in [0.2, 0.25) is 5.03 Å². The number of fused-ring (bicyclic) bond motifs is 1. The van der Waals surface area contributed by atoms with Crippen molar-refractivity contribution in [1.82, 2.24) is 0 Å². The van der Waals surface area contributed by atoms with E-state index in [0.717, 1.165) is 36.8 Å². The van der Waals surface area contributed by atoms with Crippen LogP contribution in [0.15, 0.2) is 51.4 Å². The van der Waals surface area contributed by atoms with Crippen LogP contribution in [0.4, 0.5) is 14.5 Å². The topological polar surface area (TPSA) is 143 Å². The lowest BCUT2D eigenvalue weighted by Gasteiger charge is -2.17. The summed E-state index contributed by atoms with van der Waals surface area (Å²) in [6.45, 7) is 0. The summed E-state index contributed by atoms with van der Waals surface area (Å²) in [5.74, 6) is -2.98. The standard InChI is InChI=1S/C12H8F2N4O4S.H2O/c13-8-2-1-3-9(14)11(8)17-23(21,22)10-6-18(20)5-7(19)4-15-12(18)16-10;/h1-6,17,20H;1H2/p+1. The summed E-state index contributed by atoms with van der Waals surface area (Å²) in [5, 5.41) is 18.7. The average molecular weight is 361 g/mol. The predicted molar refractivity (Wildman–Crippen MR) is 79.3 cm³/mol. The molecule has 2 aliphatic heterocycles. The number of aliphatic hydroxyl groups is 1. The van der Waals surface area contributed by atoms with E-state index < -0.39 is 42.8 Å². The summed E-state index contributed by atoms with van der Waals surface area (Å²) in [7, 11) is -4.49. The number of aliphatic imine (C=N–C) groups is 2. The summed E-state index contributed by atoms with van der Waals surface area (Å²) < 4.78 is 51.9. The number of hydrogen-bond acceptors (Lipinski definition) is 6. The Morgan fingerprint density at radius 1 is 1.17 bits per heavy atom. The highest BCUT2D eigenvalue weighted by atomic mass is 32.2. The molecule has 12 heteroatoms. The minimum atomic E-state index is -4.49. The monoisotopic (exact) mass is 361 g/mol. The van der Waals surface area contributed by atoms with Crippen molar-refractivity contribution < 1.29 is 37.6 Å². The molecule has 0 bridgehead atoms. The van der Waals surface area contributed by atoms with Crippen molar-refractivity contribution in [1.29, 1.82) is 0 Å². The Labute approximate surface area is 134 Å². The van der Waals surface area contributed by atoms with Gasteiger partial charge in [-0.2, -0.15) is 23.6 Å². The first kappa shape index (κ1) is 17.7. The molecule has 0 radical (unpaired) electrons. The van der Waals surface area contributed by atoms with Crippen LogP contribution in [-0.2, 0) is 10.0 Å². The first-order chi connectivity index (χ1) is 10.7. The highest BCUT2D eigenvalue weighted by molar-refractivity contribution is 7.96. The molecular formula is C12H11F2N4O5S+. The second-order valence-corrected chi connectivity index (χ2v) is 6.26. The lowest BCUT2D eigenvalue weighted by molar-refractivity contribution is -0.945. The fourth-order valence-corrected chi connectivity index (χ4v) is 2.99. The van der Waals surface area contributed by atoms with Crippen LogP contribution in [0, 0.1) is 11.6 Å². The molecule has 1 atom stereocenters. The van der Waals surface area contributed by atoms with Crippen LogP contribution in [0.3, 0.4) is 0 Å². The van der Waals surface area contributed by atoms with Crippen molar-refractivity contribution in [3.63, 3.8) is 0 Å². The first-order valence-electron chi connectivity index (χ1n) is 6.07. The number of para-hydroxylation sites is 1. The Hall–Kier alpha value is -2.67. The summed E-state index contributed by atoms with van der Waals surface area (Å²) in [4.78, 5) is 7.18. The van der Waals surface area contributed by atoms with Gasteiger partial charge in [-0.1, -0.05) is 10.7 Å². The Kier molecular flexibility index (Phi) is 4.24. The number of anilines is 1. The number of allylic oxidation sites excluding steroid dienone is 1. The van der Waals surface area contributed by atoms with Crippen LogP contribution in [-0.4, -0.2) is 41.0 Å². The number of hydrogen-bond donors (Lipinski definition) is 3. The molecule has 3 rings (SSSR count). The van der Waals surface area contributed by atoms with Gasteiger partial charge >= 0.3 is 5.96 Å². The SMILES string of the molecule is O.O=S(=O)(Nc1c(F)cccc1F)C1=C[N+]2(O)C=C(O)C=NC2=N1. The van der Waals surface area contributed by atoms with Crippen molar-refractivity contribution in [2.45, 2.75) is 0 Å². The second kappa shape index (κ2) is 5.76. The van der Waals surface area contributed by atoms with Crippen LogP contribution < -0.4 is 4.72 Å². The molecule has 0 fully saturated rings. The van der Waals surface area contributed by atoms with E-state index in [2.05, 4.69) is 9.98 Å². The molecule has 24 heavy (non-hydrogen) atoms. The van der Waals surface area contributed by atoms with Gasteiger partial charge < -0.3 is 10.6 Å². The summed E-state index contributed by atoms with van der Waals surface area (Å²) in [6, 6.07) is 2.84. The molecule has 0 saturated carbocycles. The van der Waals surface area contributed by atoms with Crippen LogP contribution in [0.2, 0.25) is 0 Å². The van der Waals surface area contributed by atoms with Gasteiger partial charge in [-0.25, -0.2) is 8.78 Å². The number of hydroxylamine groups is 3. The quantitative estimate of drug-likeness (QED) is 0.682. The zero-order chi connectivity index (χ0) is 16.8. The van der Waals surface area contributed by atoms with Crippen LogP contribution in [0.1, 0.15) is 0 Å². The van der Waals surface area contributed by atoms with Gasteiger partial charge in [-0.3, -0.25) is 4.72 Å².